The zero-order valence-corrected chi connectivity index (χ0v) is 11.1. The van der Waals surface area contributed by atoms with Crippen LogP contribution in [0.1, 0.15) is 12.8 Å². The van der Waals surface area contributed by atoms with Gasteiger partial charge in [-0.1, -0.05) is 0 Å². The number of carboxylic acid groups (broad SMARTS) is 1. The minimum absolute atomic E-state index is 0.0414. The average Bonchev–Trinajstić information content (AvgIpc) is 2.71. The maximum atomic E-state index is 11.9. The highest BCUT2D eigenvalue weighted by molar-refractivity contribution is 7.89. The van der Waals surface area contributed by atoms with Gasteiger partial charge in [0.25, 0.3) is 0 Å². The Bertz CT molecular complexity index is 578. The smallest absolute Gasteiger partial charge is 0.321 e. The lowest BCUT2D eigenvalue weighted by Crippen LogP contribution is -2.41. The van der Waals surface area contributed by atoms with Crippen LogP contribution in [0.3, 0.4) is 0 Å². The van der Waals surface area contributed by atoms with E-state index >= 15 is 0 Å². The van der Waals surface area contributed by atoms with Crippen molar-refractivity contribution in [1.29, 1.82) is 0 Å². The van der Waals surface area contributed by atoms with Crippen molar-refractivity contribution in [3.8, 4) is 0 Å². The first-order valence-electron chi connectivity index (χ1n) is 5.38. The Morgan fingerprint density at radius 3 is 2.58 bits per heavy atom. The first-order chi connectivity index (χ1) is 8.72. The van der Waals surface area contributed by atoms with Crippen LogP contribution in [0.2, 0.25) is 0 Å². The molecule has 1 heterocycles. The highest BCUT2D eigenvalue weighted by Crippen LogP contribution is 2.10. The number of aliphatic carboxylic acids is 1. The van der Waals surface area contributed by atoms with Crippen LogP contribution in [-0.4, -0.2) is 36.0 Å². The molecule has 1 unspecified atom stereocenters. The first kappa shape index (κ1) is 15.2. The predicted octanol–water partition coefficient (Wildman–Crippen LogP) is -0.978. The summed E-state index contributed by atoms with van der Waals surface area (Å²) < 4.78 is 27.4. The van der Waals surface area contributed by atoms with E-state index in [1.54, 1.807) is 7.05 Å². The molecule has 106 valence electrons. The number of amides is 1. The van der Waals surface area contributed by atoms with Crippen LogP contribution in [0.15, 0.2) is 23.4 Å². The molecule has 0 saturated carbocycles. The fourth-order valence-electron chi connectivity index (χ4n) is 1.41. The van der Waals surface area contributed by atoms with E-state index < -0.39 is 27.9 Å². The highest BCUT2D eigenvalue weighted by atomic mass is 32.2. The van der Waals surface area contributed by atoms with Crippen molar-refractivity contribution in [2.75, 3.05) is 0 Å². The van der Waals surface area contributed by atoms with Crippen LogP contribution in [0.4, 0.5) is 0 Å². The van der Waals surface area contributed by atoms with E-state index in [4.69, 9.17) is 10.8 Å². The van der Waals surface area contributed by atoms with Crippen molar-refractivity contribution in [3.05, 3.63) is 18.5 Å². The van der Waals surface area contributed by atoms with Gasteiger partial charge in [0.2, 0.25) is 15.9 Å². The Balaban J connectivity index is 2.84. The summed E-state index contributed by atoms with van der Waals surface area (Å²) in [4.78, 5) is 21.5. The van der Waals surface area contributed by atoms with Crippen LogP contribution in [0.5, 0.6) is 0 Å². The van der Waals surface area contributed by atoms with Crippen molar-refractivity contribution in [2.45, 2.75) is 23.8 Å². The van der Waals surface area contributed by atoms with Gasteiger partial charge in [-0.2, -0.15) is 4.72 Å². The van der Waals surface area contributed by atoms with E-state index in [0.29, 0.717) is 0 Å². The highest BCUT2D eigenvalue weighted by Gasteiger charge is 2.26. The maximum absolute atomic E-state index is 11.9. The third kappa shape index (κ3) is 4.38. The second-order valence-corrected chi connectivity index (χ2v) is 5.74. The van der Waals surface area contributed by atoms with Gasteiger partial charge in [0.05, 0.1) is 4.90 Å². The number of hydrogen-bond donors (Lipinski definition) is 3. The fourth-order valence-corrected chi connectivity index (χ4v) is 2.69. The lowest BCUT2D eigenvalue weighted by Gasteiger charge is -2.13. The first-order valence-corrected chi connectivity index (χ1v) is 6.86. The molecule has 0 aliphatic carbocycles. The van der Waals surface area contributed by atoms with Gasteiger partial charge < -0.3 is 15.4 Å². The van der Waals surface area contributed by atoms with Gasteiger partial charge in [0.1, 0.15) is 6.04 Å². The SMILES string of the molecule is Cn1ccc(S(=O)(=O)NC(CCC(N)=O)C(=O)O)c1. The molecular weight excluding hydrogens is 274 g/mol. The summed E-state index contributed by atoms with van der Waals surface area (Å²) in [5.41, 5.74) is 4.91. The van der Waals surface area contributed by atoms with Gasteiger partial charge in [-0.15, -0.1) is 0 Å². The summed E-state index contributed by atoms with van der Waals surface area (Å²) in [6, 6.07) is -0.0484. The van der Waals surface area contributed by atoms with E-state index in [9.17, 15) is 18.0 Å². The van der Waals surface area contributed by atoms with E-state index in [1.807, 2.05) is 4.72 Å². The largest absolute Gasteiger partial charge is 0.480 e. The number of aryl methyl sites for hydroxylation is 1. The molecule has 0 fully saturated rings. The molecule has 0 bridgehead atoms. The summed E-state index contributed by atoms with van der Waals surface area (Å²) in [5, 5.41) is 8.92. The number of carbonyl (C=O) groups excluding carboxylic acids is 1. The minimum Gasteiger partial charge on any atom is -0.480 e. The van der Waals surface area contributed by atoms with Crippen molar-refractivity contribution in [3.63, 3.8) is 0 Å². The van der Waals surface area contributed by atoms with Gasteiger partial charge in [-0.3, -0.25) is 9.59 Å². The second kappa shape index (κ2) is 5.85. The third-order valence-corrected chi connectivity index (χ3v) is 3.85. The molecule has 19 heavy (non-hydrogen) atoms. The molecule has 1 rings (SSSR count). The zero-order valence-electron chi connectivity index (χ0n) is 10.2. The number of carboxylic acids is 1. The van der Waals surface area contributed by atoms with Crippen LogP contribution in [-0.2, 0) is 26.7 Å². The van der Waals surface area contributed by atoms with Gasteiger partial charge in [-0.25, -0.2) is 8.42 Å². The normalized spacial score (nSPS) is 13.1. The molecule has 9 heteroatoms. The number of nitrogens with one attached hydrogen (secondary N) is 1. The Morgan fingerprint density at radius 1 is 1.53 bits per heavy atom. The molecule has 0 aliphatic heterocycles. The maximum Gasteiger partial charge on any atom is 0.321 e. The predicted molar refractivity (Wildman–Crippen MR) is 65.6 cm³/mol. The molecule has 0 aliphatic rings. The average molecular weight is 289 g/mol. The van der Waals surface area contributed by atoms with Crippen molar-refractivity contribution in [1.82, 2.24) is 9.29 Å². The second-order valence-electron chi connectivity index (χ2n) is 4.03. The Kier molecular flexibility index (Phi) is 4.67. The molecule has 0 saturated heterocycles. The number of rotatable bonds is 7. The van der Waals surface area contributed by atoms with Crippen molar-refractivity contribution in [2.24, 2.45) is 12.8 Å². The molecule has 1 atom stereocenters. The number of sulfonamides is 1. The van der Waals surface area contributed by atoms with E-state index in [0.717, 1.165) is 0 Å². The molecule has 1 aromatic rings. The van der Waals surface area contributed by atoms with Crippen LogP contribution < -0.4 is 10.5 Å². The molecule has 1 aromatic heterocycles. The summed E-state index contributed by atoms with van der Waals surface area (Å²) in [6.07, 6.45) is 2.45. The number of primary amides is 1. The van der Waals surface area contributed by atoms with Gasteiger partial charge in [-0.05, 0) is 12.5 Å². The Labute approximate surface area is 110 Å². The fraction of sp³-hybridized carbons (Fsp3) is 0.400. The quantitative estimate of drug-likeness (QED) is 0.593. The van der Waals surface area contributed by atoms with Crippen LogP contribution in [0.25, 0.3) is 0 Å². The van der Waals surface area contributed by atoms with Gasteiger partial charge in [0.15, 0.2) is 0 Å². The number of carbonyl (C=O) groups is 2. The van der Waals surface area contributed by atoms with Crippen LogP contribution in [0, 0.1) is 0 Å². The molecular formula is C10H15N3O5S. The molecule has 8 nitrogen and oxygen atoms in total. The van der Waals surface area contributed by atoms with Crippen molar-refractivity contribution < 1.29 is 23.1 Å². The van der Waals surface area contributed by atoms with Crippen molar-refractivity contribution >= 4 is 21.9 Å². The summed E-state index contributed by atoms with van der Waals surface area (Å²) >= 11 is 0. The topological polar surface area (TPSA) is 131 Å². The molecule has 0 spiro atoms. The van der Waals surface area contributed by atoms with E-state index in [1.165, 1.54) is 23.0 Å². The van der Waals surface area contributed by atoms with Crippen LogP contribution >= 0.6 is 0 Å². The zero-order chi connectivity index (χ0) is 14.6. The summed E-state index contributed by atoms with van der Waals surface area (Å²) in [6.45, 7) is 0. The summed E-state index contributed by atoms with van der Waals surface area (Å²) in [5.74, 6) is -2.05. The minimum atomic E-state index is -3.94. The molecule has 4 N–H and O–H groups in total. The molecule has 0 radical (unpaired) electrons. The Hall–Kier alpha value is -1.87. The third-order valence-electron chi connectivity index (χ3n) is 2.39. The number of nitrogens with two attached hydrogens (primary N) is 1. The molecule has 1 amide bonds. The summed E-state index contributed by atoms with van der Waals surface area (Å²) in [7, 11) is -2.30. The number of aromatic nitrogens is 1. The van der Waals surface area contributed by atoms with E-state index in [2.05, 4.69) is 0 Å². The van der Waals surface area contributed by atoms with E-state index in [-0.39, 0.29) is 17.7 Å². The monoisotopic (exact) mass is 289 g/mol. The number of nitrogens with zero attached hydrogens (tertiary/aromatic N) is 1. The lowest BCUT2D eigenvalue weighted by atomic mass is 10.2. The number of hydrogen-bond acceptors (Lipinski definition) is 4. The Morgan fingerprint density at radius 2 is 2.16 bits per heavy atom. The van der Waals surface area contributed by atoms with Gasteiger partial charge >= 0.3 is 5.97 Å². The van der Waals surface area contributed by atoms with Gasteiger partial charge in [0, 0.05) is 25.9 Å². The molecule has 0 aromatic carbocycles. The lowest BCUT2D eigenvalue weighted by molar-refractivity contribution is -0.139. The standard InChI is InChI=1S/C10H15N3O5S/c1-13-5-4-7(6-13)19(17,18)12-8(10(15)16)2-3-9(11)14/h4-6,8,12H,2-3H2,1H3,(H2,11,14)(H,15,16).